The Morgan fingerprint density at radius 1 is 1.27 bits per heavy atom. The van der Waals surface area contributed by atoms with Gasteiger partial charge < -0.3 is 0 Å². The Balaban J connectivity index is 3.05. The van der Waals surface area contributed by atoms with Crippen molar-refractivity contribution in [2.24, 2.45) is 0 Å². The molecule has 0 bridgehead atoms. The molecule has 0 amide bonds. The summed E-state index contributed by atoms with van der Waals surface area (Å²) in [4.78, 5) is 2.65. The van der Waals surface area contributed by atoms with Crippen LogP contribution in [0.15, 0.2) is 12.2 Å². The lowest BCUT2D eigenvalue weighted by molar-refractivity contribution is 0.674. The van der Waals surface area contributed by atoms with Gasteiger partial charge in [0.15, 0.2) is 0 Å². The summed E-state index contributed by atoms with van der Waals surface area (Å²) in [7, 11) is 0. The largest absolute Gasteiger partial charge is 0.0761 e. The van der Waals surface area contributed by atoms with Gasteiger partial charge in [-0.1, -0.05) is 38.2 Å². The topological polar surface area (TPSA) is 0 Å². The van der Waals surface area contributed by atoms with Crippen LogP contribution in [0.1, 0.15) is 39.0 Å². The SMILES string of the molecule is CCCCCC/C=C/C#CBr. The van der Waals surface area contributed by atoms with Crippen molar-refractivity contribution < 1.29 is 0 Å². The summed E-state index contributed by atoms with van der Waals surface area (Å²) in [5.41, 5.74) is 0. The van der Waals surface area contributed by atoms with E-state index in [1.807, 2.05) is 6.08 Å². The molecule has 1 heteroatoms. The Morgan fingerprint density at radius 2 is 2.09 bits per heavy atom. The summed E-state index contributed by atoms with van der Waals surface area (Å²) in [5, 5.41) is 0. The fraction of sp³-hybridized carbons (Fsp3) is 0.600. The van der Waals surface area contributed by atoms with Gasteiger partial charge in [0.05, 0.1) is 0 Å². The van der Waals surface area contributed by atoms with E-state index in [0.717, 1.165) is 0 Å². The molecule has 0 aliphatic carbocycles. The lowest BCUT2D eigenvalue weighted by atomic mass is 10.1. The molecule has 0 spiro atoms. The first-order valence-electron chi connectivity index (χ1n) is 4.18. The molecule has 0 fully saturated rings. The van der Waals surface area contributed by atoms with Crippen molar-refractivity contribution in [3.63, 3.8) is 0 Å². The van der Waals surface area contributed by atoms with Gasteiger partial charge in [-0.3, -0.25) is 0 Å². The van der Waals surface area contributed by atoms with Crippen LogP contribution in [0.3, 0.4) is 0 Å². The number of rotatable bonds is 5. The molecular formula is C10H15Br. The second-order valence-corrected chi connectivity index (χ2v) is 2.89. The van der Waals surface area contributed by atoms with Crippen LogP contribution in [0.25, 0.3) is 0 Å². The maximum absolute atomic E-state index is 3.03. The summed E-state index contributed by atoms with van der Waals surface area (Å²) in [5.74, 6) is 2.83. The van der Waals surface area contributed by atoms with Crippen molar-refractivity contribution in [2.45, 2.75) is 39.0 Å². The highest BCUT2D eigenvalue weighted by atomic mass is 79.9. The average Bonchev–Trinajstić information content (AvgIpc) is 2.03. The van der Waals surface area contributed by atoms with Crippen LogP contribution in [-0.2, 0) is 0 Å². The minimum atomic E-state index is 1.17. The Morgan fingerprint density at radius 3 is 2.73 bits per heavy atom. The Bertz CT molecular complexity index is 148. The van der Waals surface area contributed by atoms with Crippen LogP contribution in [0.2, 0.25) is 0 Å². The Hall–Kier alpha value is -0.220. The molecule has 0 radical (unpaired) electrons. The Labute approximate surface area is 78.2 Å². The first-order chi connectivity index (χ1) is 5.41. The van der Waals surface area contributed by atoms with Gasteiger partial charge in [-0.15, -0.1) is 0 Å². The van der Waals surface area contributed by atoms with E-state index in [0.29, 0.717) is 0 Å². The lowest BCUT2D eigenvalue weighted by Gasteiger charge is -1.92. The molecule has 0 nitrogen and oxygen atoms in total. The molecule has 0 aromatic heterocycles. The van der Waals surface area contributed by atoms with Gasteiger partial charge in [-0.2, -0.15) is 0 Å². The summed E-state index contributed by atoms with van der Waals surface area (Å²) in [6.45, 7) is 2.23. The van der Waals surface area contributed by atoms with Gasteiger partial charge >= 0.3 is 0 Å². The number of unbranched alkanes of at least 4 members (excludes halogenated alkanes) is 4. The van der Waals surface area contributed by atoms with E-state index in [4.69, 9.17) is 0 Å². The van der Waals surface area contributed by atoms with Crippen LogP contribution in [-0.4, -0.2) is 0 Å². The third kappa shape index (κ3) is 9.78. The van der Waals surface area contributed by atoms with E-state index in [9.17, 15) is 0 Å². The maximum Gasteiger partial charge on any atom is 0.0110 e. The van der Waals surface area contributed by atoms with E-state index < -0.39 is 0 Å². The van der Waals surface area contributed by atoms with E-state index >= 15 is 0 Å². The molecule has 62 valence electrons. The van der Waals surface area contributed by atoms with E-state index in [2.05, 4.69) is 39.7 Å². The predicted molar refractivity (Wildman–Crippen MR) is 54.6 cm³/mol. The molecule has 0 atom stereocenters. The molecule has 0 rings (SSSR count). The summed E-state index contributed by atoms with van der Waals surface area (Å²) in [6.07, 6.45) is 10.5. The second kappa shape index (κ2) is 9.78. The van der Waals surface area contributed by atoms with Crippen LogP contribution in [0.4, 0.5) is 0 Å². The highest BCUT2D eigenvalue weighted by Crippen LogP contribution is 2.02. The van der Waals surface area contributed by atoms with Crippen molar-refractivity contribution in [3.8, 4) is 10.8 Å². The number of halogens is 1. The fourth-order valence-corrected chi connectivity index (χ4v) is 0.995. The molecule has 0 aromatic carbocycles. The van der Waals surface area contributed by atoms with Crippen LogP contribution >= 0.6 is 15.9 Å². The summed E-state index contributed by atoms with van der Waals surface area (Å²) < 4.78 is 0. The van der Waals surface area contributed by atoms with Crippen molar-refractivity contribution in [1.29, 1.82) is 0 Å². The zero-order valence-corrected chi connectivity index (χ0v) is 8.65. The first-order valence-corrected chi connectivity index (χ1v) is 4.97. The predicted octanol–water partition coefficient (Wildman–Crippen LogP) is 3.87. The van der Waals surface area contributed by atoms with E-state index in [-0.39, 0.29) is 0 Å². The molecule has 0 saturated carbocycles. The molecule has 0 aliphatic rings. The van der Waals surface area contributed by atoms with Gasteiger partial charge in [0.1, 0.15) is 0 Å². The second-order valence-electron chi connectivity index (χ2n) is 2.49. The van der Waals surface area contributed by atoms with Crippen LogP contribution in [0, 0.1) is 10.8 Å². The van der Waals surface area contributed by atoms with E-state index in [1.54, 1.807) is 0 Å². The molecule has 0 N–H and O–H groups in total. The third-order valence-corrected chi connectivity index (χ3v) is 1.71. The van der Waals surface area contributed by atoms with Gasteiger partial charge in [0, 0.05) is 15.9 Å². The third-order valence-electron chi connectivity index (χ3n) is 1.48. The zero-order chi connectivity index (χ0) is 8.36. The highest BCUT2D eigenvalue weighted by molar-refractivity contribution is 9.12. The fourth-order valence-electron chi connectivity index (χ4n) is 0.863. The zero-order valence-electron chi connectivity index (χ0n) is 7.07. The summed E-state index contributed by atoms with van der Waals surface area (Å²) >= 11 is 3.03. The quantitative estimate of drug-likeness (QED) is 0.482. The van der Waals surface area contributed by atoms with Crippen molar-refractivity contribution in [3.05, 3.63) is 12.2 Å². The molecule has 0 aliphatic heterocycles. The van der Waals surface area contributed by atoms with Crippen LogP contribution < -0.4 is 0 Å². The lowest BCUT2D eigenvalue weighted by Crippen LogP contribution is -1.72. The standard InChI is InChI=1S/C10H15Br/c1-2-3-4-5-6-7-8-9-10-11/h7-8H,2-6H2,1H3/b8-7+. The highest BCUT2D eigenvalue weighted by Gasteiger charge is 1.82. The minimum Gasteiger partial charge on any atom is -0.0761 e. The first kappa shape index (κ1) is 10.8. The maximum atomic E-state index is 3.03. The van der Waals surface area contributed by atoms with Crippen molar-refractivity contribution in [1.82, 2.24) is 0 Å². The number of allylic oxidation sites excluding steroid dienone is 2. The molecule has 0 saturated heterocycles. The normalized spacial score (nSPS) is 9.64. The molecule has 0 unspecified atom stereocenters. The number of hydrogen-bond donors (Lipinski definition) is 0. The minimum absolute atomic E-state index is 1.17. The smallest absolute Gasteiger partial charge is 0.0110 e. The van der Waals surface area contributed by atoms with Crippen molar-refractivity contribution in [2.75, 3.05) is 0 Å². The molecular weight excluding hydrogens is 200 g/mol. The number of hydrogen-bond acceptors (Lipinski definition) is 0. The van der Waals surface area contributed by atoms with Gasteiger partial charge in [-0.05, 0) is 23.7 Å². The van der Waals surface area contributed by atoms with Crippen LogP contribution in [0.5, 0.6) is 0 Å². The average molecular weight is 215 g/mol. The van der Waals surface area contributed by atoms with E-state index in [1.165, 1.54) is 32.1 Å². The molecule has 0 heterocycles. The van der Waals surface area contributed by atoms with Crippen molar-refractivity contribution >= 4 is 15.9 Å². The monoisotopic (exact) mass is 214 g/mol. The molecule has 0 aromatic rings. The van der Waals surface area contributed by atoms with Gasteiger partial charge in [-0.25, -0.2) is 0 Å². The molecule has 11 heavy (non-hydrogen) atoms. The summed E-state index contributed by atoms with van der Waals surface area (Å²) in [6, 6.07) is 0. The van der Waals surface area contributed by atoms with Gasteiger partial charge in [0.25, 0.3) is 0 Å². The Kier molecular flexibility index (Phi) is 9.58. The van der Waals surface area contributed by atoms with Gasteiger partial charge in [0.2, 0.25) is 0 Å².